The maximum atomic E-state index is 11.2. The minimum absolute atomic E-state index is 0.165. The molecule has 0 spiro atoms. The summed E-state index contributed by atoms with van der Waals surface area (Å²) in [5.74, 6) is 5.91. The van der Waals surface area contributed by atoms with Gasteiger partial charge in [-0.1, -0.05) is 24.0 Å². The molecule has 112 valence electrons. The first-order valence-electron chi connectivity index (χ1n) is 7.06. The Hall–Kier alpha value is -2.03. The SMILES string of the molecule is COC(=O)NC1CCN(Cc2cccc(C#CCN)c2)C1. The van der Waals surface area contributed by atoms with Crippen LogP contribution in [0.15, 0.2) is 24.3 Å². The summed E-state index contributed by atoms with van der Waals surface area (Å²) in [5, 5.41) is 2.84. The zero-order chi connectivity index (χ0) is 15.1. The van der Waals surface area contributed by atoms with E-state index >= 15 is 0 Å². The van der Waals surface area contributed by atoms with Crippen LogP contribution >= 0.6 is 0 Å². The Bertz CT molecular complexity index is 548. The fourth-order valence-electron chi connectivity index (χ4n) is 2.48. The average molecular weight is 287 g/mol. The third-order valence-electron chi connectivity index (χ3n) is 3.45. The molecular weight excluding hydrogens is 266 g/mol. The number of nitrogens with one attached hydrogen (secondary N) is 1. The van der Waals surface area contributed by atoms with E-state index in [4.69, 9.17) is 5.73 Å². The topological polar surface area (TPSA) is 67.6 Å². The van der Waals surface area contributed by atoms with Crippen molar-refractivity contribution in [2.24, 2.45) is 5.73 Å². The van der Waals surface area contributed by atoms with Gasteiger partial charge in [-0.2, -0.15) is 0 Å². The van der Waals surface area contributed by atoms with Gasteiger partial charge in [-0.3, -0.25) is 4.90 Å². The standard InChI is InChI=1S/C16H21N3O2/c1-21-16(20)18-15-7-9-19(12-15)11-14-5-2-4-13(10-14)6-3-8-17/h2,4-5,10,15H,7-9,11-12,17H2,1H3,(H,18,20). The molecule has 1 amide bonds. The Kier molecular flexibility index (Phi) is 5.61. The molecule has 1 unspecified atom stereocenters. The van der Waals surface area contributed by atoms with Gasteiger partial charge in [0.2, 0.25) is 0 Å². The van der Waals surface area contributed by atoms with Crippen molar-refractivity contribution in [3.05, 3.63) is 35.4 Å². The van der Waals surface area contributed by atoms with E-state index in [9.17, 15) is 4.79 Å². The number of nitrogens with zero attached hydrogens (tertiary/aromatic N) is 1. The lowest BCUT2D eigenvalue weighted by Crippen LogP contribution is -2.36. The first-order valence-corrected chi connectivity index (χ1v) is 7.06. The molecule has 0 aliphatic carbocycles. The molecule has 0 saturated carbocycles. The van der Waals surface area contributed by atoms with Crippen molar-refractivity contribution in [1.29, 1.82) is 0 Å². The highest BCUT2D eigenvalue weighted by molar-refractivity contribution is 5.67. The van der Waals surface area contributed by atoms with Crippen molar-refractivity contribution in [2.45, 2.75) is 19.0 Å². The molecule has 0 bridgehead atoms. The van der Waals surface area contributed by atoms with Crippen LogP contribution in [0.1, 0.15) is 17.5 Å². The zero-order valence-electron chi connectivity index (χ0n) is 12.3. The Balaban J connectivity index is 1.89. The predicted octanol–water partition coefficient (Wildman–Crippen LogP) is 0.927. The van der Waals surface area contributed by atoms with Gasteiger partial charge in [0.15, 0.2) is 0 Å². The molecule has 1 aliphatic rings. The van der Waals surface area contributed by atoms with E-state index in [1.807, 2.05) is 12.1 Å². The lowest BCUT2D eigenvalue weighted by molar-refractivity contribution is 0.166. The van der Waals surface area contributed by atoms with Gasteiger partial charge in [-0.05, 0) is 24.1 Å². The molecule has 1 aromatic carbocycles. The fraction of sp³-hybridized carbons (Fsp3) is 0.438. The van der Waals surface area contributed by atoms with E-state index < -0.39 is 0 Å². The molecule has 21 heavy (non-hydrogen) atoms. The van der Waals surface area contributed by atoms with E-state index in [1.54, 1.807) is 0 Å². The summed E-state index contributed by atoms with van der Waals surface area (Å²) in [4.78, 5) is 13.5. The van der Waals surface area contributed by atoms with Gasteiger partial charge in [0.1, 0.15) is 0 Å². The normalized spacial score (nSPS) is 17.9. The number of likely N-dealkylation sites (tertiary alicyclic amines) is 1. The molecule has 5 nitrogen and oxygen atoms in total. The molecule has 3 N–H and O–H groups in total. The van der Waals surface area contributed by atoms with Crippen LogP contribution in [0.3, 0.4) is 0 Å². The molecule has 0 aromatic heterocycles. The summed E-state index contributed by atoms with van der Waals surface area (Å²) in [5.41, 5.74) is 7.59. The first-order chi connectivity index (χ1) is 10.2. The third-order valence-corrected chi connectivity index (χ3v) is 3.45. The highest BCUT2D eigenvalue weighted by Gasteiger charge is 2.23. The van der Waals surface area contributed by atoms with E-state index in [0.717, 1.165) is 31.6 Å². The summed E-state index contributed by atoms with van der Waals surface area (Å²) in [7, 11) is 1.38. The van der Waals surface area contributed by atoms with Gasteiger partial charge in [0.05, 0.1) is 13.7 Å². The van der Waals surface area contributed by atoms with Crippen molar-refractivity contribution in [1.82, 2.24) is 10.2 Å². The maximum Gasteiger partial charge on any atom is 0.407 e. The second-order valence-electron chi connectivity index (χ2n) is 5.06. The Labute approximate surface area is 125 Å². The molecule has 0 radical (unpaired) electrons. The van der Waals surface area contributed by atoms with E-state index in [2.05, 4.69) is 38.9 Å². The number of ether oxygens (including phenoxy) is 1. The van der Waals surface area contributed by atoms with Crippen LogP contribution in [0, 0.1) is 11.8 Å². The van der Waals surface area contributed by atoms with Crippen LogP contribution in [0.2, 0.25) is 0 Å². The monoisotopic (exact) mass is 287 g/mol. The number of nitrogens with two attached hydrogens (primary N) is 1. The molecule has 1 fully saturated rings. The lowest BCUT2D eigenvalue weighted by atomic mass is 10.1. The van der Waals surface area contributed by atoms with Gasteiger partial charge >= 0.3 is 6.09 Å². The Morgan fingerprint density at radius 3 is 3.19 bits per heavy atom. The van der Waals surface area contributed by atoms with E-state index in [-0.39, 0.29) is 12.1 Å². The number of alkyl carbamates (subject to hydrolysis) is 1. The third kappa shape index (κ3) is 4.78. The van der Waals surface area contributed by atoms with Crippen LogP contribution in [0.5, 0.6) is 0 Å². The molecule has 1 atom stereocenters. The van der Waals surface area contributed by atoms with Gasteiger partial charge < -0.3 is 15.8 Å². The number of hydrogen-bond donors (Lipinski definition) is 2. The Morgan fingerprint density at radius 2 is 2.43 bits per heavy atom. The lowest BCUT2D eigenvalue weighted by Gasteiger charge is -2.16. The van der Waals surface area contributed by atoms with Crippen molar-refractivity contribution < 1.29 is 9.53 Å². The van der Waals surface area contributed by atoms with Crippen molar-refractivity contribution in [2.75, 3.05) is 26.7 Å². The minimum Gasteiger partial charge on any atom is -0.453 e. The molecular formula is C16H21N3O2. The van der Waals surface area contributed by atoms with Crippen molar-refractivity contribution in [3.8, 4) is 11.8 Å². The number of carbonyl (C=O) groups excluding carboxylic acids is 1. The summed E-state index contributed by atoms with van der Waals surface area (Å²) in [6.45, 7) is 3.04. The Morgan fingerprint density at radius 1 is 1.57 bits per heavy atom. The number of benzene rings is 1. The van der Waals surface area contributed by atoms with Crippen LogP contribution in [0.4, 0.5) is 4.79 Å². The molecule has 1 heterocycles. The summed E-state index contributed by atoms with van der Waals surface area (Å²) < 4.78 is 4.62. The van der Waals surface area contributed by atoms with E-state index in [0.29, 0.717) is 6.54 Å². The average Bonchev–Trinajstić information content (AvgIpc) is 2.92. The fourth-order valence-corrected chi connectivity index (χ4v) is 2.48. The number of methoxy groups -OCH3 is 1. The number of amides is 1. The second kappa shape index (κ2) is 7.67. The number of hydrogen-bond acceptors (Lipinski definition) is 4. The smallest absolute Gasteiger partial charge is 0.407 e. The summed E-state index contributed by atoms with van der Waals surface area (Å²) in [6.07, 6.45) is 0.586. The molecule has 2 rings (SSSR count). The van der Waals surface area contributed by atoms with Crippen molar-refractivity contribution >= 4 is 6.09 Å². The zero-order valence-corrected chi connectivity index (χ0v) is 12.3. The molecule has 1 saturated heterocycles. The van der Waals surface area contributed by atoms with E-state index in [1.165, 1.54) is 12.7 Å². The largest absolute Gasteiger partial charge is 0.453 e. The number of rotatable bonds is 3. The highest BCUT2D eigenvalue weighted by Crippen LogP contribution is 2.14. The summed E-state index contributed by atoms with van der Waals surface area (Å²) >= 11 is 0. The quantitative estimate of drug-likeness (QED) is 0.812. The van der Waals surface area contributed by atoms with Gasteiger partial charge in [-0.25, -0.2) is 4.79 Å². The van der Waals surface area contributed by atoms with Gasteiger partial charge in [0, 0.05) is 31.2 Å². The van der Waals surface area contributed by atoms with Crippen LogP contribution in [-0.2, 0) is 11.3 Å². The van der Waals surface area contributed by atoms with Gasteiger partial charge in [-0.15, -0.1) is 0 Å². The van der Waals surface area contributed by atoms with Crippen LogP contribution in [0.25, 0.3) is 0 Å². The second-order valence-corrected chi connectivity index (χ2v) is 5.06. The predicted molar refractivity (Wildman–Crippen MR) is 81.6 cm³/mol. The van der Waals surface area contributed by atoms with Crippen LogP contribution in [-0.4, -0.2) is 43.8 Å². The van der Waals surface area contributed by atoms with Crippen LogP contribution < -0.4 is 11.1 Å². The van der Waals surface area contributed by atoms with Gasteiger partial charge in [0.25, 0.3) is 0 Å². The maximum absolute atomic E-state index is 11.2. The van der Waals surface area contributed by atoms with Crippen molar-refractivity contribution in [3.63, 3.8) is 0 Å². The molecule has 1 aromatic rings. The molecule has 1 aliphatic heterocycles. The highest BCUT2D eigenvalue weighted by atomic mass is 16.5. The summed E-state index contributed by atoms with van der Waals surface area (Å²) in [6, 6.07) is 8.34. The molecule has 5 heteroatoms. The minimum atomic E-state index is -0.360. The first kappa shape index (κ1) is 15.4. The number of carbonyl (C=O) groups is 1.